The van der Waals surface area contributed by atoms with Crippen LogP contribution in [0.15, 0.2) is 48.7 Å². The lowest BCUT2D eigenvalue weighted by Crippen LogP contribution is -2.49. The van der Waals surface area contributed by atoms with Gasteiger partial charge in [0, 0.05) is 38.9 Å². The lowest BCUT2D eigenvalue weighted by atomic mass is 10.2. The molecule has 2 aromatic rings. The van der Waals surface area contributed by atoms with Crippen LogP contribution in [0.4, 0.5) is 10.2 Å². The van der Waals surface area contributed by atoms with E-state index in [1.54, 1.807) is 18.3 Å². The summed E-state index contributed by atoms with van der Waals surface area (Å²) in [6, 6.07) is 11.8. The third kappa shape index (κ3) is 4.13. The molecule has 1 aromatic carbocycles. The van der Waals surface area contributed by atoms with Crippen molar-refractivity contribution in [2.24, 2.45) is 11.8 Å². The molecule has 146 valence electrons. The minimum Gasteiger partial charge on any atom is -0.353 e. The molecule has 28 heavy (non-hydrogen) atoms. The van der Waals surface area contributed by atoms with E-state index < -0.39 is 0 Å². The molecule has 1 saturated carbocycles. The molecule has 1 aromatic heterocycles. The van der Waals surface area contributed by atoms with E-state index in [9.17, 15) is 14.0 Å². The van der Waals surface area contributed by atoms with Crippen LogP contribution >= 0.6 is 0 Å². The highest BCUT2D eigenvalue weighted by Gasteiger charge is 2.49. The number of piperazine rings is 1. The minimum atomic E-state index is -0.300. The largest absolute Gasteiger partial charge is 0.353 e. The summed E-state index contributed by atoms with van der Waals surface area (Å²) in [4.78, 5) is 33.4. The van der Waals surface area contributed by atoms with Crippen molar-refractivity contribution >= 4 is 17.6 Å². The molecule has 7 heteroatoms. The molecule has 4 rings (SSSR count). The molecule has 2 amide bonds. The van der Waals surface area contributed by atoms with Gasteiger partial charge < -0.3 is 15.1 Å². The van der Waals surface area contributed by atoms with Crippen molar-refractivity contribution in [3.05, 3.63) is 60.0 Å². The van der Waals surface area contributed by atoms with Crippen LogP contribution in [0.3, 0.4) is 0 Å². The van der Waals surface area contributed by atoms with Gasteiger partial charge >= 0.3 is 0 Å². The summed E-state index contributed by atoms with van der Waals surface area (Å²) in [5.74, 6) is 0.138. The Morgan fingerprint density at radius 2 is 1.79 bits per heavy atom. The van der Waals surface area contributed by atoms with Gasteiger partial charge in [0.2, 0.25) is 11.8 Å². The second kappa shape index (κ2) is 7.96. The zero-order valence-corrected chi connectivity index (χ0v) is 15.6. The van der Waals surface area contributed by atoms with Crippen LogP contribution in [0.25, 0.3) is 0 Å². The van der Waals surface area contributed by atoms with Crippen LogP contribution in [0.5, 0.6) is 0 Å². The number of carbonyl (C=O) groups excluding carboxylic acids is 2. The van der Waals surface area contributed by atoms with Gasteiger partial charge in [0.1, 0.15) is 11.6 Å². The molecule has 2 unspecified atom stereocenters. The summed E-state index contributed by atoms with van der Waals surface area (Å²) in [6.45, 7) is 3.14. The maximum Gasteiger partial charge on any atom is 0.226 e. The summed E-state index contributed by atoms with van der Waals surface area (Å²) >= 11 is 0. The Labute approximate surface area is 163 Å². The average Bonchev–Trinajstić information content (AvgIpc) is 3.54. The first-order valence-electron chi connectivity index (χ1n) is 9.59. The van der Waals surface area contributed by atoms with Crippen LogP contribution in [0.2, 0.25) is 0 Å². The number of benzene rings is 1. The zero-order valence-electron chi connectivity index (χ0n) is 15.6. The molecule has 0 spiro atoms. The number of anilines is 1. The van der Waals surface area contributed by atoms with Gasteiger partial charge in [0.15, 0.2) is 0 Å². The minimum absolute atomic E-state index is 0.0719. The van der Waals surface area contributed by atoms with Crippen LogP contribution in [0.1, 0.15) is 12.0 Å². The molecule has 0 bridgehead atoms. The number of amides is 2. The number of hydrogen-bond acceptors (Lipinski definition) is 4. The number of aromatic nitrogens is 1. The summed E-state index contributed by atoms with van der Waals surface area (Å²) in [5, 5.41) is 2.85. The Hall–Kier alpha value is -2.96. The van der Waals surface area contributed by atoms with E-state index >= 15 is 0 Å². The number of halogens is 1. The van der Waals surface area contributed by atoms with Crippen molar-refractivity contribution in [3.63, 3.8) is 0 Å². The third-order valence-electron chi connectivity index (χ3n) is 5.39. The van der Waals surface area contributed by atoms with E-state index in [2.05, 4.69) is 15.2 Å². The first-order chi connectivity index (χ1) is 13.6. The number of carbonyl (C=O) groups is 2. The second-order valence-corrected chi connectivity index (χ2v) is 7.29. The molecule has 2 aliphatic rings. The fraction of sp³-hybridized carbons (Fsp3) is 0.381. The first kappa shape index (κ1) is 18.4. The predicted molar refractivity (Wildman–Crippen MR) is 103 cm³/mol. The normalized spacial score (nSPS) is 21.3. The van der Waals surface area contributed by atoms with Crippen molar-refractivity contribution in [3.8, 4) is 0 Å². The van der Waals surface area contributed by atoms with Crippen molar-refractivity contribution in [2.75, 3.05) is 31.1 Å². The predicted octanol–water partition coefficient (Wildman–Crippen LogP) is 1.82. The van der Waals surface area contributed by atoms with Gasteiger partial charge in [-0.25, -0.2) is 9.37 Å². The monoisotopic (exact) mass is 382 g/mol. The van der Waals surface area contributed by atoms with Crippen molar-refractivity contribution < 1.29 is 14.0 Å². The van der Waals surface area contributed by atoms with Crippen LogP contribution in [-0.2, 0) is 16.1 Å². The van der Waals surface area contributed by atoms with Crippen molar-refractivity contribution in [1.82, 2.24) is 15.2 Å². The van der Waals surface area contributed by atoms with Gasteiger partial charge in [0.25, 0.3) is 0 Å². The smallest absolute Gasteiger partial charge is 0.226 e. The molecule has 2 atom stereocenters. The maximum absolute atomic E-state index is 12.9. The Bertz CT molecular complexity index is 835. The SMILES string of the molecule is O=C(NCc1ccc(F)cc1)C1CC1C(=O)N1CCN(c2ccccn2)CC1. The topological polar surface area (TPSA) is 65.5 Å². The maximum atomic E-state index is 12.9. The lowest BCUT2D eigenvalue weighted by Gasteiger charge is -2.35. The first-order valence-corrected chi connectivity index (χ1v) is 9.59. The fourth-order valence-electron chi connectivity index (χ4n) is 3.61. The number of nitrogens with one attached hydrogen (secondary N) is 1. The summed E-state index contributed by atoms with van der Waals surface area (Å²) < 4.78 is 12.9. The quantitative estimate of drug-likeness (QED) is 0.857. The molecule has 2 fully saturated rings. The third-order valence-corrected chi connectivity index (χ3v) is 5.39. The summed E-state index contributed by atoms with van der Waals surface area (Å²) in [5.41, 5.74) is 0.837. The molecular formula is C21H23FN4O2. The molecule has 0 radical (unpaired) electrons. The molecule has 2 heterocycles. The number of rotatable bonds is 5. The Balaban J connectivity index is 1.23. The number of pyridine rings is 1. The van der Waals surface area contributed by atoms with Gasteiger partial charge in [0.05, 0.1) is 11.8 Å². The standard InChI is InChI=1S/C21H23FN4O2/c22-16-6-4-15(5-7-16)14-24-20(27)17-13-18(17)21(28)26-11-9-25(10-12-26)19-3-1-2-8-23-19/h1-8,17-18H,9-14H2,(H,24,27). The van der Waals surface area contributed by atoms with Crippen LogP contribution in [0, 0.1) is 17.7 Å². The highest BCUT2D eigenvalue weighted by atomic mass is 19.1. The average molecular weight is 382 g/mol. The molecular weight excluding hydrogens is 359 g/mol. The van der Waals surface area contributed by atoms with Crippen LogP contribution in [-0.4, -0.2) is 47.9 Å². The Morgan fingerprint density at radius 3 is 2.46 bits per heavy atom. The van der Waals surface area contributed by atoms with Gasteiger partial charge in [-0.3, -0.25) is 9.59 Å². The highest BCUT2D eigenvalue weighted by molar-refractivity contribution is 5.92. The molecule has 1 aliphatic heterocycles. The molecule has 1 N–H and O–H groups in total. The van der Waals surface area contributed by atoms with E-state index in [4.69, 9.17) is 0 Å². The van der Waals surface area contributed by atoms with Gasteiger partial charge in [-0.1, -0.05) is 18.2 Å². The fourth-order valence-corrected chi connectivity index (χ4v) is 3.61. The number of hydrogen-bond donors (Lipinski definition) is 1. The van der Waals surface area contributed by atoms with E-state index in [0.29, 0.717) is 26.1 Å². The van der Waals surface area contributed by atoms with Crippen molar-refractivity contribution in [2.45, 2.75) is 13.0 Å². The van der Waals surface area contributed by atoms with Crippen molar-refractivity contribution in [1.29, 1.82) is 0 Å². The van der Waals surface area contributed by atoms with E-state index in [-0.39, 0.29) is 29.5 Å². The van der Waals surface area contributed by atoms with Gasteiger partial charge in [-0.05, 0) is 36.2 Å². The van der Waals surface area contributed by atoms with E-state index in [1.165, 1.54) is 12.1 Å². The molecule has 1 saturated heterocycles. The lowest BCUT2D eigenvalue weighted by molar-refractivity contribution is -0.135. The van der Waals surface area contributed by atoms with Gasteiger partial charge in [-0.15, -0.1) is 0 Å². The second-order valence-electron chi connectivity index (χ2n) is 7.29. The van der Waals surface area contributed by atoms with Crippen LogP contribution < -0.4 is 10.2 Å². The summed E-state index contributed by atoms with van der Waals surface area (Å²) in [7, 11) is 0. The Kier molecular flexibility index (Phi) is 5.23. The molecule has 1 aliphatic carbocycles. The van der Waals surface area contributed by atoms with Gasteiger partial charge in [-0.2, -0.15) is 0 Å². The zero-order chi connectivity index (χ0) is 19.5. The highest BCUT2D eigenvalue weighted by Crippen LogP contribution is 2.40. The van der Waals surface area contributed by atoms with E-state index in [1.807, 2.05) is 23.1 Å². The Morgan fingerprint density at radius 1 is 1.04 bits per heavy atom. The molecule has 6 nitrogen and oxygen atoms in total. The number of nitrogens with zero attached hydrogens (tertiary/aromatic N) is 3. The summed E-state index contributed by atoms with van der Waals surface area (Å²) in [6.07, 6.45) is 2.38. The van der Waals surface area contributed by atoms with E-state index in [0.717, 1.165) is 24.5 Å².